The lowest BCUT2D eigenvalue weighted by Gasteiger charge is -2.07. The lowest BCUT2D eigenvalue weighted by Crippen LogP contribution is -2.01. The second-order valence-electron chi connectivity index (χ2n) is 4.64. The van der Waals surface area contributed by atoms with E-state index in [2.05, 4.69) is 14.6 Å². The lowest BCUT2D eigenvalue weighted by molar-refractivity contribution is -0.107. The van der Waals surface area contributed by atoms with Gasteiger partial charge in [-0.1, -0.05) is 18.9 Å². The molecule has 0 atom stereocenters. The SMILES string of the molecule is O=CCc1cccn2c(C3CCCC3)nnc12. The van der Waals surface area contributed by atoms with Gasteiger partial charge >= 0.3 is 0 Å². The predicted molar refractivity (Wildman–Crippen MR) is 64.0 cm³/mol. The van der Waals surface area contributed by atoms with Gasteiger partial charge in [-0.15, -0.1) is 10.2 Å². The molecule has 0 aromatic carbocycles. The van der Waals surface area contributed by atoms with Crippen LogP contribution >= 0.6 is 0 Å². The number of hydrogen-bond donors (Lipinski definition) is 0. The van der Waals surface area contributed by atoms with Gasteiger partial charge in [0, 0.05) is 24.1 Å². The molecular formula is C13H15N3O. The highest BCUT2D eigenvalue weighted by Gasteiger charge is 2.22. The van der Waals surface area contributed by atoms with Crippen molar-refractivity contribution in [3.05, 3.63) is 29.7 Å². The Morgan fingerprint density at radius 2 is 2.18 bits per heavy atom. The van der Waals surface area contributed by atoms with Crippen LogP contribution in [0.15, 0.2) is 18.3 Å². The lowest BCUT2D eigenvalue weighted by atomic mass is 10.1. The molecular weight excluding hydrogens is 214 g/mol. The fourth-order valence-electron chi connectivity index (χ4n) is 2.70. The maximum atomic E-state index is 10.6. The van der Waals surface area contributed by atoms with E-state index < -0.39 is 0 Å². The molecule has 3 rings (SSSR count). The number of carbonyl (C=O) groups is 1. The molecule has 0 saturated heterocycles. The predicted octanol–water partition coefficient (Wildman–Crippen LogP) is 2.13. The van der Waals surface area contributed by atoms with Crippen LogP contribution in [-0.4, -0.2) is 20.9 Å². The zero-order chi connectivity index (χ0) is 11.7. The van der Waals surface area contributed by atoms with Crippen molar-refractivity contribution in [3.8, 4) is 0 Å². The summed E-state index contributed by atoms with van der Waals surface area (Å²) in [6.45, 7) is 0. The van der Waals surface area contributed by atoms with E-state index in [1.165, 1.54) is 25.7 Å². The van der Waals surface area contributed by atoms with Crippen molar-refractivity contribution < 1.29 is 4.79 Å². The highest BCUT2D eigenvalue weighted by molar-refractivity contribution is 5.61. The van der Waals surface area contributed by atoms with Crippen LogP contribution in [0.25, 0.3) is 5.65 Å². The van der Waals surface area contributed by atoms with Gasteiger partial charge in [0.2, 0.25) is 0 Å². The smallest absolute Gasteiger partial charge is 0.164 e. The molecule has 0 unspecified atom stereocenters. The molecule has 4 nitrogen and oxygen atoms in total. The minimum Gasteiger partial charge on any atom is -0.303 e. The molecule has 1 fully saturated rings. The summed E-state index contributed by atoms with van der Waals surface area (Å²) in [6.07, 6.45) is 8.31. The molecule has 2 aromatic rings. The molecule has 1 saturated carbocycles. The molecule has 0 spiro atoms. The number of carbonyl (C=O) groups excluding carboxylic acids is 1. The van der Waals surface area contributed by atoms with Crippen LogP contribution in [0.4, 0.5) is 0 Å². The van der Waals surface area contributed by atoms with Crippen LogP contribution in [0.3, 0.4) is 0 Å². The minimum absolute atomic E-state index is 0.410. The summed E-state index contributed by atoms with van der Waals surface area (Å²) in [5.41, 5.74) is 1.79. The van der Waals surface area contributed by atoms with Crippen LogP contribution in [0, 0.1) is 0 Å². The highest BCUT2D eigenvalue weighted by Crippen LogP contribution is 2.33. The molecule has 2 heterocycles. The highest BCUT2D eigenvalue weighted by atomic mass is 16.1. The third-order valence-electron chi connectivity index (χ3n) is 3.57. The van der Waals surface area contributed by atoms with Crippen LogP contribution in [0.2, 0.25) is 0 Å². The summed E-state index contributed by atoms with van der Waals surface area (Å²) in [4.78, 5) is 10.6. The van der Waals surface area contributed by atoms with Crippen molar-refractivity contribution >= 4 is 11.9 Å². The van der Waals surface area contributed by atoms with E-state index in [1.54, 1.807) is 0 Å². The first-order valence-electron chi connectivity index (χ1n) is 6.16. The summed E-state index contributed by atoms with van der Waals surface area (Å²) in [5, 5.41) is 8.55. The Morgan fingerprint density at radius 3 is 2.94 bits per heavy atom. The summed E-state index contributed by atoms with van der Waals surface area (Å²) in [5.74, 6) is 1.60. The third kappa shape index (κ3) is 1.73. The Bertz CT molecular complexity index is 541. The average molecular weight is 229 g/mol. The van der Waals surface area contributed by atoms with Crippen molar-refractivity contribution in [2.45, 2.75) is 38.0 Å². The van der Waals surface area contributed by atoms with Crippen LogP contribution in [0.5, 0.6) is 0 Å². The number of aldehydes is 1. The van der Waals surface area contributed by atoms with Gasteiger partial charge in [0.15, 0.2) is 5.65 Å². The largest absolute Gasteiger partial charge is 0.303 e. The number of hydrogen-bond acceptors (Lipinski definition) is 3. The summed E-state index contributed by atoms with van der Waals surface area (Å²) < 4.78 is 2.05. The maximum absolute atomic E-state index is 10.6. The van der Waals surface area contributed by atoms with Gasteiger partial charge in [-0.05, 0) is 18.9 Å². The Kier molecular flexibility index (Phi) is 2.63. The van der Waals surface area contributed by atoms with Crippen molar-refractivity contribution in [2.75, 3.05) is 0 Å². The van der Waals surface area contributed by atoms with E-state index in [-0.39, 0.29) is 0 Å². The van der Waals surface area contributed by atoms with Crippen molar-refractivity contribution in [2.24, 2.45) is 0 Å². The number of aromatic nitrogens is 3. The average Bonchev–Trinajstić information content (AvgIpc) is 2.97. The molecule has 1 aliphatic rings. The summed E-state index contributed by atoms with van der Waals surface area (Å²) in [7, 11) is 0. The fourth-order valence-corrected chi connectivity index (χ4v) is 2.70. The third-order valence-corrected chi connectivity index (χ3v) is 3.57. The van der Waals surface area contributed by atoms with E-state index in [4.69, 9.17) is 0 Å². The van der Waals surface area contributed by atoms with Gasteiger partial charge in [0.25, 0.3) is 0 Å². The maximum Gasteiger partial charge on any atom is 0.164 e. The van der Waals surface area contributed by atoms with Crippen molar-refractivity contribution in [3.63, 3.8) is 0 Å². The van der Waals surface area contributed by atoms with Gasteiger partial charge in [-0.3, -0.25) is 4.40 Å². The van der Waals surface area contributed by atoms with Crippen LogP contribution in [0.1, 0.15) is 43.0 Å². The molecule has 0 radical (unpaired) electrons. The fraction of sp³-hybridized carbons (Fsp3) is 0.462. The standard InChI is InChI=1S/C13H15N3O/c17-9-7-11-6-3-8-16-12(14-15-13(11)16)10-4-1-2-5-10/h3,6,8-10H,1-2,4-5,7H2. The number of nitrogens with zero attached hydrogens (tertiary/aromatic N) is 3. The van der Waals surface area contributed by atoms with E-state index in [1.807, 2.05) is 18.3 Å². The normalized spacial score (nSPS) is 16.7. The molecule has 0 amide bonds. The topological polar surface area (TPSA) is 47.3 Å². The molecule has 0 N–H and O–H groups in total. The number of fused-ring (bicyclic) bond motifs is 1. The Morgan fingerprint density at radius 1 is 1.35 bits per heavy atom. The zero-order valence-electron chi connectivity index (χ0n) is 9.67. The van der Waals surface area contributed by atoms with Crippen molar-refractivity contribution in [1.82, 2.24) is 14.6 Å². The number of rotatable bonds is 3. The quantitative estimate of drug-likeness (QED) is 0.757. The molecule has 1 aliphatic carbocycles. The first-order chi connectivity index (χ1) is 8.40. The Balaban J connectivity index is 2.09. The van der Waals surface area contributed by atoms with Gasteiger partial charge in [0.05, 0.1) is 0 Å². The first kappa shape index (κ1) is 10.4. The molecule has 17 heavy (non-hydrogen) atoms. The molecule has 2 aromatic heterocycles. The van der Waals surface area contributed by atoms with Crippen LogP contribution < -0.4 is 0 Å². The van der Waals surface area contributed by atoms with Gasteiger partial charge in [-0.2, -0.15) is 0 Å². The van der Waals surface area contributed by atoms with Crippen molar-refractivity contribution in [1.29, 1.82) is 0 Å². The Labute approximate surface area is 99.7 Å². The van der Waals surface area contributed by atoms with E-state index in [0.717, 1.165) is 23.3 Å². The zero-order valence-corrected chi connectivity index (χ0v) is 9.67. The van der Waals surface area contributed by atoms with E-state index in [9.17, 15) is 4.79 Å². The van der Waals surface area contributed by atoms with E-state index >= 15 is 0 Å². The second-order valence-corrected chi connectivity index (χ2v) is 4.64. The molecule has 88 valence electrons. The van der Waals surface area contributed by atoms with Gasteiger partial charge in [0.1, 0.15) is 12.1 Å². The summed E-state index contributed by atoms with van der Waals surface area (Å²) in [6, 6.07) is 3.91. The number of pyridine rings is 1. The summed E-state index contributed by atoms with van der Waals surface area (Å²) >= 11 is 0. The first-order valence-corrected chi connectivity index (χ1v) is 6.16. The minimum atomic E-state index is 0.410. The second kappa shape index (κ2) is 4.28. The van der Waals surface area contributed by atoms with Crippen LogP contribution in [-0.2, 0) is 11.2 Å². The monoisotopic (exact) mass is 229 g/mol. The van der Waals surface area contributed by atoms with Gasteiger partial charge in [-0.25, -0.2) is 0 Å². The molecule has 0 bridgehead atoms. The van der Waals surface area contributed by atoms with E-state index in [0.29, 0.717) is 12.3 Å². The Hall–Kier alpha value is -1.71. The molecule has 0 aliphatic heterocycles. The van der Waals surface area contributed by atoms with Gasteiger partial charge < -0.3 is 4.79 Å². The molecule has 4 heteroatoms.